The molecule has 1 spiro atoms. The van der Waals surface area contributed by atoms with Crippen LogP contribution in [0.1, 0.15) is 71.6 Å². The molecule has 0 aromatic heterocycles. The molecule has 3 fully saturated rings. The Bertz CT molecular complexity index is 293. The van der Waals surface area contributed by atoms with Gasteiger partial charge in [0.2, 0.25) is 0 Å². The normalized spacial score (nSPS) is 38.3. The molecule has 0 amide bonds. The van der Waals surface area contributed by atoms with E-state index >= 15 is 0 Å². The van der Waals surface area contributed by atoms with E-state index in [0.29, 0.717) is 11.5 Å². The van der Waals surface area contributed by atoms with Crippen molar-refractivity contribution in [1.29, 1.82) is 0 Å². The van der Waals surface area contributed by atoms with Gasteiger partial charge < -0.3 is 10.1 Å². The zero-order chi connectivity index (χ0) is 12.6. The van der Waals surface area contributed by atoms with Crippen LogP contribution in [0.15, 0.2) is 0 Å². The first-order valence-electron chi connectivity index (χ1n) is 8.00. The van der Waals surface area contributed by atoms with Crippen molar-refractivity contribution < 1.29 is 4.74 Å². The third-order valence-corrected chi connectivity index (χ3v) is 5.70. The standard InChI is InChI=1S/C16H29NO/c1-15(2)8-5-6-14(15)17-13-7-11-18-16(12-13)9-3-4-10-16/h13-14,17H,3-12H2,1-2H3. The summed E-state index contributed by atoms with van der Waals surface area (Å²) in [4.78, 5) is 0. The Morgan fingerprint density at radius 3 is 2.44 bits per heavy atom. The highest BCUT2D eigenvalue weighted by Gasteiger charge is 2.42. The molecule has 0 aromatic carbocycles. The zero-order valence-corrected chi connectivity index (χ0v) is 12.1. The maximum Gasteiger partial charge on any atom is 0.0697 e. The summed E-state index contributed by atoms with van der Waals surface area (Å²) in [6.07, 6.45) is 12.0. The van der Waals surface area contributed by atoms with Crippen molar-refractivity contribution in [2.45, 2.75) is 89.3 Å². The lowest BCUT2D eigenvalue weighted by atomic mass is 9.84. The van der Waals surface area contributed by atoms with E-state index in [1.165, 1.54) is 57.8 Å². The maximum absolute atomic E-state index is 6.13. The molecule has 1 saturated heterocycles. The van der Waals surface area contributed by atoms with Crippen LogP contribution in [-0.4, -0.2) is 24.3 Å². The molecule has 2 nitrogen and oxygen atoms in total. The fraction of sp³-hybridized carbons (Fsp3) is 1.00. The number of nitrogens with one attached hydrogen (secondary N) is 1. The first-order valence-corrected chi connectivity index (χ1v) is 8.00. The predicted octanol–water partition coefficient (Wildman–Crippen LogP) is 3.65. The van der Waals surface area contributed by atoms with Crippen molar-refractivity contribution in [2.75, 3.05) is 6.61 Å². The van der Waals surface area contributed by atoms with Gasteiger partial charge in [0.1, 0.15) is 0 Å². The summed E-state index contributed by atoms with van der Waals surface area (Å²) in [7, 11) is 0. The van der Waals surface area contributed by atoms with Crippen LogP contribution in [0.4, 0.5) is 0 Å². The Morgan fingerprint density at radius 1 is 1.00 bits per heavy atom. The van der Waals surface area contributed by atoms with Crippen molar-refractivity contribution in [3.05, 3.63) is 0 Å². The Hall–Kier alpha value is -0.0800. The summed E-state index contributed by atoms with van der Waals surface area (Å²) >= 11 is 0. The highest BCUT2D eigenvalue weighted by atomic mass is 16.5. The SMILES string of the molecule is CC1(C)CCCC1NC1CCOC2(CCCC2)C1. The topological polar surface area (TPSA) is 21.3 Å². The van der Waals surface area contributed by atoms with Gasteiger partial charge in [-0.2, -0.15) is 0 Å². The average Bonchev–Trinajstić information content (AvgIpc) is 2.88. The monoisotopic (exact) mass is 251 g/mol. The highest BCUT2D eigenvalue weighted by Crippen LogP contribution is 2.42. The van der Waals surface area contributed by atoms with Gasteiger partial charge in [0.25, 0.3) is 0 Å². The minimum absolute atomic E-state index is 0.263. The Balaban J connectivity index is 1.59. The van der Waals surface area contributed by atoms with E-state index in [1.807, 2.05) is 0 Å². The number of ether oxygens (including phenoxy) is 1. The van der Waals surface area contributed by atoms with Crippen LogP contribution in [0.2, 0.25) is 0 Å². The van der Waals surface area contributed by atoms with Gasteiger partial charge in [-0.15, -0.1) is 0 Å². The first kappa shape index (κ1) is 12.9. The van der Waals surface area contributed by atoms with Crippen molar-refractivity contribution in [1.82, 2.24) is 5.32 Å². The molecule has 2 heteroatoms. The van der Waals surface area contributed by atoms with Gasteiger partial charge in [-0.1, -0.05) is 33.1 Å². The Morgan fingerprint density at radius 2 is 1.78 bits per heavy atom. The van der Waals surface area contributed by atoms with E-state index < -0.39 is 0 Å². The van der Waals surface area contributed by atoms with Gasteiger partial charge in [0.05, 0.1) is 5.60 Å². The molecule has 3 rings (SSSR count). The molecule has 18 heavy (non-hydrogen) atoms. The molecule has 2 saturated carbocycles. The minimum Gasteiger partial charge on any atom is -0.375 e. The molecule has 1 heterocycles. The van der Waals surface area contributed by atoms with Crippen LogP contribution in [-0.2, 0) is 4.74 Å². The lowest BCUT2D eigenvalue weighted by Gasteiger charge is -2.41. The van der Waals surface area contributed by atoms with Gasteiger partial charge in [-0.05, 0) is 43.9 Å². The zero-order valence-electron chi connectivity index (χ0n) is 12.1. The molecule has 2 atom stereocenters. The van der Waals surface area contributed by atoms with Gasteiger partial charge >= 0.3 is 0 Å². The largest absolute Gasteiger partial charge is 0.375 e. The average molecular weight is 251 g/mol. The molecule has 2 aliphatic carbocycles. The summed E-state index contributed by atoms with van der Waals surface area (Å²) < 4.78 is 6.13. The predicted molar refractivity (Wildman–Crippen MR) is 74.7 cm³/mol. The van der Waals surface area contributed by atoms with Crippen LogP contribution in [0.3, 0.4) is 0 Å². The molecule has 0 aromatic rings. The van der Waals surface area contributed by atoms with E-state index in [9.17, 15) is 0 Å². The second-order valence-electron chi connectivity index (χ2n) is 7.53. The smallest absolute Gasteiger partial charge is 0.0697 e. The van der Waals surface area contributed by atoms with Crippen molar-refractivity contribution >= 4 is 0 Å². The van der Waals surface area contributed by atoms with Crippen LogP contribution in [0.25, 0.3) is 0 Å². The fourth-order valence-corrected chi connectivity index (χ4v) is 4.46. The molecular weight excluding hydrogens is 222 g/mol. The van der Waals surface area contributed by atoms with Gasteiger partial charge in [-0.25, -0.2) is 0 Å². The van der Waals surface area contributed by atoms with Crippen LogP contribution in [0, 0.1) is 5.41 Å². The number of hydrogen-bond donors (Lipinski definition) is 1. The molecule has 104 valence electrons. The van der Waals surface area contributed by atoms with E-state index in [4.69, 9.17) is 4.74 Å². The summed E-state index contributed by atoms with van der Waals surface area (Å²) in [5, 5.41) is 3.98. The van der Waals surface area contributed by atoms with Gasteiger partial charge in [0, 0.05) is 18.7 Å². The maximum atomic E-state index is 6.13. The van der Waals surface area contributed by atoms with Crippen molar-refractivity contribution in [2.24, 2.45) is 5.41 Å². The third-order valence-electron chi connectivity index (χ3n) is 5.70. The van der Waals surface area contributed by atoms with Gasteiger partial charge in [0.15, 0.2) is 0 Å². The van der Waals surface area contributed by atoms with Crippen LogP contribution >= 0.6 is 0 Å². The highest BCUT2D eigenvalue weighted by molar-refractivity contribution is 4.97. The lowest BCUT2D eigenvalue weighted by Crippen LogP contribution is -2.51. The second kappa shape index (κ2) is 4.79. The first-order chi connectivity index (χ1) is 8.60. The van der Waals surface area contributed by atoms with Crippen molar-refractivity contribution in [3.63, 3.8) is 0 Å². The Labute approximate surface area is 112 Å². The van der Waals surface area contributed by atoms with Crippen LogP contribution in [0.5, 0.6) is 0 Å². The minimum atomic E-state index is 0.263. The lowest BCUT2D eigenvalue weighted by molar-refractivity contribution is -0.0858. The summed E-state index contributed by atoms with van der Waals surface area (Å²) in [6.45, 7) is 5.84. The van der Waals surface area contributed by atoms with E-state index in [-0.39, 0.29) is 5.60 Å². The van der Waals surface area contributed by atoms with Crippen molar-refractivity contribution in [3.8, 4) is 0 Å². The number of rotatable bonds is 2. The fourth-order valence-electron chi connectivity index (χ4n) is 4.46. The quantitative estimate of drug-likeness (QED) is 0.809. The van der Waals surface area contributed by atoms with Gasteiger partial charge in [-0.3, -0.25) is 0 Å². The summed E-state index contributed by atoms with van der Waals surface area (Å²) in [5.41, 5.74) is 0.764. The molecule has 2 unspecified atom stereocenters. The van der Waals surface area contributed by atoms with Crippen LogP contribution < -0.4 is 5.32 Å². The van der Waals surface area contributed by atoms with E-state index in [2.05, 4.69) is 19.2 Å². The second-order valence-corrected chi connectivity index (χ2v) is 7.53. The molecular formula is C16H29NO. The number of hydrogen-bond acceptors (Lipinski definition) is 2. The Kier molecular flexibility index (Phi) is 3.44. The van der Waals surface area contributed by atoms with E-state index in [1.54, 1.807) is 0 Å². The third kappa shape index (κ3) is 2.46. The molecule has 1 aliphatic heterocycles. The molecule has 3 aliphatic rings. The van der Waals surface area contributed by atoms with E-state index in [0.717, 1.165) is 12.6 Å². The molecule has 0 bridgehead atoms. The summed E-state index contributed by atoms with van der Waals surface area (Å²) in [6, 6.07) is 1.44. The summed E-state index contributed by atoms with van der Waals surface area (Å²) in [5.74, 6) is 0. The molecule has 0 radical (unpaired) electrons. The molecule has 1 N–H and O–H groups in total.